The smallest absolute Gasteiger partial charge is 0.328 e. The Bertz CT molecular complexity index is 1120. The summed E-state index contributed by atoms with van der Waals surface area (Å²) in [7, 11) is 3.11. The van der Waals surface area contributed by atoms with Crippen LogP contribution < -0.4 is 9.47 Å². The summed E-state index contributed by atoms with van der Waals surface area (Å²) in [4.78, 5) is 26.0. The first-order chi connectivity index (χ1) is 15.6. The van der Waals surface area contributed by atoms with E-state index in [1.807, 2.05) is 29.6 Å². The predicted molar refractivity (Wildman–Crippen MR) is 113 cm³/mol. The molecular formula is C20H20N6O5S. The first kappa shape index (κ1) is 21.4. The summed E-state index contributed by atoms with van der Waals surface area (Å²) in [6.45, 7) is -0.644. The zero-order valence-corrected chi connectivity index (χ0v) is 18.2. The number of benzene rings is 1. The molecule has 0 spiro atoms. The Morgan fingerprint density at radius 2 is 2.03 bits per heavy atom. The fourth-order valence-corrected chi connectivity index (χ4v) is 4.01. The number of ether oxygens (including phenoxy) is 3. The quantitative estimate of drug-likeness (QED) is 0.469. The van der Waals surface area contributed by atoms with E-state index in [4.69, 9.17) is 14.2 Å². The zero-order valence-electron chi connectivity index (χ0n) is 17.4. The minimum Gasteiger partial charge on any atom is -0.493 e. The molecule has 4 rings (SSSR count). The molecule has 2 aromatic heterocycles. The van der Waals surface area contributed by atoms with Gasteiger partial charge < -0.3 is 14.2 Å². The number of methoxy groups -OCH3 is 2. The Kier molecular flexibility index (Phi) is 6.40. The lowest BCUT2D eigenvalue weighted by atomic mass is 10.0. The second-order valence-corrected chi connectivity index (χ2v) is 7.71. The molecular weight excluding hydrogens is 436 g/mol. The van der Waals surface area contributed by atoms with Crippen molar-refractivity contribution in [2.75, 3.05) is 20.8 Å². The van der Waals surface area contributed by atoms with E-state index in [-0.39, 0.29) is 12.6 Å². The Morgan fingerprint density at radius 3 is 2.72 bits per heavy atom. The lowest BCUT2D eigenvalue weighted by Crippen LogP contribution is -2.32. The van der Waals surface area contributed by atoms with Crippen molar-refractivity contribution in [3.8, 4) is 11.5 Å². The van der Waals surface area contributed by atoms with Crippen LogP contribution in [0.15, 0.2) is 47.1 Å². The highest BCUT2D eigenvalue weighted by atomic mass is 32.1. The highest BCUT2D eigenvalue weighted by molar-refractivity contribution is 7.12. The molecule has 1 aromatic carbocycles. The lowest BCUT2D eigenvalue weighted by Gasteiger charge is -2.22. The number of nitrogens with zero attached hydrogens (tertiary/aromatic N) is 6. The Labute approximate surface area is 187 Å². The molecule has 3 aromatic rings. The number of hydrazone groups is 1. The van der Waals surface area contributed by atoms with Gasteiger partial charge in [0.25, 0.3) is 5.91 Å². The van der Waals surface area contributed by atoms with Gasteiger partial charge in [0.15, 0.2) is 18.1 Å². The number of thiophene rings is 1. The highest BCUT2D eigenvalue weighted by Gasteiger charge is 2.34. The normalized spacial score (nSPS) is 15.4. The van der Waals surface area contributed by atoms with Gasteiger partial charge in [0, 0.05) is 6.42 Å². The molecule has 0 radical (unpaired) electrons. The van der Waals surface area contributed by atoms with E-state index in [0.717, 1.165) is 16.2 Å². The number of tetrazole rings is 1. The molecule has 0 saturated carbocycles. The van der Waals surface area contributed by atoms with Gasteiger partial charge in [-0.2, -0.15) is 5.10 Å². The molecule has 1 aliphatic rings. The maximum Gasteiger partial charge on any atom is 0.328 e. The SMILES string of the molecule is COc1ccc([C@@H]2CC(c3cccs3)=NN2C(=O)COC(=O)Cn2cnnn2)cc1OC. The van der Waals surface area contributed by atoms with Gasteiger partial charge in [0.05, 0.1) is 30.9 Å². The molecule has 32 heavy (non-hydrogen) atoms. The number of carbonyl (C=O) groups excluding carboxylic acids is 2. The Morgan fingerprint density at radius 1 is 1.19 bits per heavy atom. The van der Waals surface area contributed by atoms with Crippen molar-refractivity contribution >= 4 is 28.9 Å². The third-order valence-electron chi connectivity index (χ3n) is 4.80. The second kappa shape index (κ2) is 9.56. The van der Waals surface area contributed by atoms with Crippen molar-refractivity contribution in [3.05, 3.63) is 52.5 Å². The summed E-state index contributed by atoms with van der Waals surface area (Å²) in [5.74, 6) is 0.0641. The molecule has 3 heterocycles. The van der Waals surface area contributed by atoms with Crippen LogP contribution in [0.5, 0.6) is 11.5 Å². The number of esters is 1. The number of amides is 1. The van der Waals surface area contributed by atoms with E-state index in [1.165, 1.54) is 16.0 Å². The van der Waals surface area contributed by atoms with E-state index in [0.29, 0.717) is 17.9 Å². The lowest BCUT2D eigenvalue weighted by molar-refractivity contribution is -0.153. The van der Waals surface area contributed by atoms with Crippen LogP contribution >= 0.6 is 11.3 Å². The van der Waals surface area contributed by atoms with Crippen LogP contribution in [-0.2, 0) is 20.9 Å². The topological polar surface area (TPSA) is 121 Å². The van der Waals surface area contributed by atoms with Crippen LogP contribution in [0, 0.1) is 0 Å². The fraction of sp³-hybridized carbons (Fsp3) is 0.300. The van der Waals surface area contributed by atoms with Gasteiger partial charge in [-0.3, -0.25) is 9.59 Å². The first-order valence-corrected chi connectivity index (χ1v) is 10.5. The number of rotatable bonds is 8. The molecule has 0 aliphatic carbocycles. The molecule has 0 saturated heterocycles. The molecule has 1 amide bonds. The Hall–Kier alpha value is -3.80. The van der Waals surface area contributed by atoms with Crippen molar-refractivity contribution in [2.45, 2.75) is 19.0 Å². The standard InChI is InChI=1S/C20H20N6O5S/c1-29-16-6-5-13(8-17(16)30-2)15-9-14(18-4-3-7-32-18)22-26(15)19(27)11-31-20(28)10-25-12-21-23-24-25/h3-8,12,15H,9-11H2,1-2H3/t15-/m0/s1. The monoisotopic (exact) mass is 456 g/mol. The minimum atomic E-state index is -0.630. The van der Waals surface area contributed by atoms with E-state index >= 15 is 0 Å². The van der Waals surface area contributed by atoms with Crippen LogP contribution in [0.3, 0.4) is 0 Å². The molecule has 0 fully saturated rings. The number of carbonyl (C=O) groups is 2. The average molecular weight is 456 g/mol. The van der Waals surface area contributed by atoms with Gasteiger partial charge in [-0.05, 0) is 39.6 Å². The fourth-order valence-electron chi connectivity index (χ4n) is 3.29. The second-order valence-electron chi connectivity index (χ2n) is 6.76. The van der Waals surface area contributed by atoms with Crippen LogP contribution in [0.2, 0.25) is 0 Å². The summed E-state index contributed by atoms with van der Waals surface area (Å²) in [5, 5.41) is 18.4. The van der Waals surface area contributed by atoms with E-state index in [2.05, 4.69) is 20.6 Å². The highest BCUT2D eigenvalue weighted by Crippen LogP contribution is 2.37. The van der Waals surface area contributed by atoms with Gasteiger partial charge in [-0.15, -0.1) is 16.4 Å². The third kappa shape index (κ3) is 4.59. The molecule has 12 heteroatoms. The number of aromatic nitrogens is 4. The third-order valence-corrected chi connectivity index (χ3v) is 5.72. The molecule has 0 bridgehead atoms. The van der Waals surface area contributed by atoms with Gasteiger partial charge in [-0.25, -0.2) is 9.69 Å². The minimum absolute atomic E-state index is 0.191. The number of hydrogen-bond donors (Lipinski definition) is 0. The van der Waals surface area contributed by atoms with Crippen molar-refractivity contribution in [2.24, 2.45) is 5.10 Å². The maximum atomic E-state index is 13.0. The van der Waals surface area contributed by atoms with Crippen LogP contribution in [-0.4, -0.2) is 63.6 Å². The molecule has 1 aliphatic heterocycles. The maximum absolute atomic E-state index is 13.0. The summed E-state index contributed by atoms with van der Waals surface area (Å²) in [6, 6.07) is 8.97. The van der Waals surface area contributed by atoms with Crippen LogP contribution in [0.25, 0.3) is 0 Å². The largest absolute Gasteiger partial charge is 0.493 e. The Balaban J connectivity index is 1.53. The van der Waals surface area contributed by atoms with E-state index in [9.17, 15) is 9.59 Å². The van der Waals surface area contributed by atoms with Crippen LogP contribution in [0.1, 0.15) is 22.9 Å². The van der Waals surface area contributed by atoms with Gasteiger partial charge >= 0.3 is 5.97 Å². The first-order valence-electron chi connectivity index (χ1n) is 9.60. The summed E-state index contributed by atoms with van der Waals surface area (Å²) < 4.78 is 17.1. The van der Waals surface area contributed by atoms with Crippen LogP contribution in [0.4, 0.5) is 0 Å². The van der Waals surface area contributed by atoms with E-state index < -0.39 is 18.5 Å². The molecule has 1 atom stereocenters. The molecule has 0 N–H and O–H groups in total. The summed E-state index contributed by atoms with van der Waals surface area (Å²) >= 11 is 1.54. The predicted octanol–water partition coefficient (Wildman–Crippen LogP) is 1.67. The zero-order chi connectivity index (χ0) is 22.5. The molecule has 166 valence electrons. The van der Waals surface area contributed by atoms with Crippen molar-refractivity contribution in [1.82, 2.24) is 25.2 Å². The van der Waals surface area contributed by atoms with Crippen molar-refractivity contribution in [3.63, 3.8) is 0 Å². The number of hydrogen-bond acceptors (Lipinski definition) is 10. The average Bonchev–Trinajstić information content (AvgIpc) is 3.58. The van der Waals surface area contributed by atoms with Crippen molar-refractivity contribution in [1.29, 1.82) is 0 Å². The van der Waals surface area contributed by atoms with E-state index in [1.54, 1.807) is 31.6 Å². The molecule has 11 nitrogen and oxygen atoms in total. The van der Waals surface area contributed by atoms with Crippen molar-refractivity contribution < 1.29 is 23.8 Å². The van der Waals surface area contributed by atoms with Gasteiger partial charge in [-0.1, -0.05) is 12.1 Å². The van der Waals surface area contributed by atoms with Gasteiger partial charge in [0.1, 0.15) is 12.9 Å². The van der Waals surface area contributed by atoms with Gasteiger partial charge in [0.2, 0.25) is 0 Å². The summed E-state index contributed by atoms with van der Waals surface area (Å²) in [5.41, 5.74) is 1.61. The summed E-state index contributed by atoms with van der Waals surface area (Å²) in [6.07, 6.45) is 1.80. The molecule has 0 unspecified atom stereocenters.